The zero-order valence-electron chi connectivity index (χ0n) is 11.9. The summed E-state index contributed by atoms with van der Waals surface area (Å²) in [4.78, 5) is 14.6. The van der Waals surface area contributed by atoms with E-state index in [2.05, 4.69) is 16.8 Å². The normalized spacial score (nSPS) is 19.7. The highest BCUT2D eigenvalue weighted by Crippen LogP contribution is 2.33. The van der Waals surface area contributed by atoms with Gasteiger partial charge in [0.25, 0.3) is 0 Å². The average Bonchev–Trinajstić information content (AvgIpc) is 3.18. The minimum atomic E-state index is -0.452. The molecule has 1 aliphatic rings. The standard InChI is InChI=1S/C17H20N2OS/c18-15(11-13-5-2-1-3-6-13)17(20)19-9-4-7-16(19)14-8-10-21-12-14/h1-3,5-6,8,10,12,15-16H,4,7,9,11,18H2/t15-,16?/m0/s1. The molecular formula is C17H20N2OS. The molecule has 21 heavy (non-hydrogen) atoms. The van der Waals surface area contributed by atoms with Gasteiger partial charge < -0.3 is 10.6 Å². The number of amides is 1. The van der Waals surface area contributed by atoms with Crippen molar-refractivity contribution < 1.29 is 4.79 Å². The number of hydrogen-bond donors (Lipinski definition) is 1. The van der Waals surface area contributed by atoms with E-state index in [1.54, 1.807) is 11.3 Å². The highest BCUT2D eigenvalue weighted by Gasteiger charge is 2.32. The molecule has 1 aromatic heterocycles. The Kier molecular flexibility index (Phi) is 4.36. The van der Waals surface area contributed by atoms with E-state index in [-0.39, 0.29) is 11.9 Å². The van der Waals surface area contributed by atoms with Crippen molar-refractivity contribution in [2.75, 3.05) is 6.54 Å². The van der Waals surface area contributed by atoms with Gasteiger partial charge in [-0.25, -0.2) is 0 Å². The Hall–Kier alpha value is -1.65. The van der Waals surface area contributed by atoms with E-state index in [9.17, 15) is 4.79 Å². The Labute approximate surface area is 129 Å². The number of nitrogens with zero attached hydrogens (tertiary/aromatic N) is 1. The summed E-state index contributed by atoms with van der Waals surface area (Å²) in [6.45, 7) is 0.821. The van der Waals surface area contributed by atoms with Gasteiger partial charge in [0.2, 0.25) is 5.91 Å². The van der Waals surface area contributed by atoms with Crippen molar-refractivity contribution in [2.45, 2.75) is 31.3 Å². The van der Waals surface area contributed by atoms with Gasteiger partial charge in [0.05, 0.1) is 12.1 Å². The van der Waals surface area contributed by atoms with E-state index < -0.39 is 6.04 Å². The van der Waals surface area contributed by atoms with Crippen molar-refractivity contribution in [3.8, 4) is 0 Å². The second-order valence-corrected chi connectivity index (χ2v) is 6.32. The summed E-state index contributed by atoms with van der Waals surface area (Å²) in [7, 11) is 0. The largest absolute Gasteiger partial charge is 0.334 e. The van der Waals surface area contributed by atoms with Gasteiger partial charge in [-0.15, -0.1) is 0 Å². The van der Waals surface area contributed by atoms with Crippen molar-refractivity contribution in [1.29, 1.82) is 0 Å². The predicted octanol–water partition coefficient (Wildman–Crippen LogP) is 2.98. The smallest absolute Gasteiger partial charge is 0.240 e. The van der Waals surface area contributed by atoms with E-state index in [0.29, 0.717) is 6.42 Å². The predicted molar refractivity (Wildman–Crippen MR) is 86.1 cm³/mol. The zero-order chi connectivity index (χ0) is 14.7. The first-order chi connectivity index (χ1) is 10.3. The molecule has 1 fully saturated rings. The molecule has 1 saturated heterocycles. The van der Waals surface area contributed by atoms with Gasteiger partial charge >= 0.3 is 0 Å². The van der Waals surface area contributed by atoms with Crippen LogP contribution in [-0.2, 0) is 11.2 Å². The van der Waals surface area contributed by atoms with Gasteiger partial charge in [-0.05, 0) is 47.2 Å². The Morgan fingerprint density at radius 2 is 2.14 bits per heavy atom. The molecule has 0 aliphatic carbocycles. The fraction of sp³-hybridized carbons (Fsp3) is 0.353. The molecule has 0 spiro atoms. The van der Waals surface area contributed by atoms with Gasteiger partial charge in [-0.2, -0.15) is 11.3 Å². The summed E-state index contributed by atoms with van der Waals surface area (Å²) >= 11 is 1.68. The van der Waals surface area contributed by atoms with Crippen LogP contribution in [0.15, 0.2) is 47.2 Å². The van der Waals surface area contributed by atoms with E-state index >= 15 is 0 Å². The molecule has 3 nitrogen and oxygen atoms in total. The molecule has 2 atom stereocenters. The lowest BCUT2D eigenvalue weighted by atomic mass is 10.0. The quantitative estimate of drug-likeness (QED) is 0.943. The lowest BCUT2D eigenvalue weighted by Gasteiger charge is -2.27. The second-order valence-electron chi connectivity index (χ2n) is 5.54. The minimum Gasteiger partial charge on any atom is -0.334 e. The molecule has 2 N–H and O–H groups in total. The molecule has 0 radical (unpaired) electrons. The van der Waals surface area contributed by atoms with Crippen molar-refractivity contribution in [1.82, 2.24) is 4.90 Å². The Morgan fingerprint density at radius 3 is 2.86 bits per heavy atom. The van der Waals surface area contributed by atoms with Crippen LogP contribution in [0.25, 0.3) is 0 Å². The molecule has 1 unspecified atom stereocenters. The van der Waals surface area contributed by atoms with E-state index in [1.165, 1.54) is 5.56 Å². The fourth-order valence-electron chi connectivity index (χ4n) is 3.01. The van der Waals surface area contributed by atoms with Crippen molar-refractivity contribution in [3.63, 3.8) is 0 Å². The van der Waals surface area contributed by atoms with Gasteiger partial charge in [-0.1, -0.05) is 30.3 Å². The van der Waals surface area contributed by atoms with Crippen LogP contribution in [0.4, 0.5) is 0 Å². The molecule has 1 aliphatic heterocycles. The average molecular weight is 300 g/mol. The summed E-state index contributed by atoms with van der Waals surface area (Å²) in [5, 5.41) is 4.21. The molecule has 1 amide bonds. The fourth-order valence-corrected chi connectivity index (χ4v) is 3.72. The minimum absolute atomic E-state index is 0.0764. The van der Waals surface area contributed by atoms with Crippen LogP contribution in [0.3, 0.4) is 0 Å². The Morgan fingerprint density at radius 1 is 1.33 bits per heavy atom. The van der Waals surface area contributed by atoms with E-state index in [1.807, 2.05) is 35.2 Å². The maximum Gasteiger partial charge on any atom is 0.240 e. The number of hydrogen-bond acceptors (Lipinski definition) is 3. The number of benzene rings is 1. The number of carbonyl (C=O) groups excluding carboxylic acids is 1. The first-order valence-corrected chi connectivity index (χ1v) is 8.32. The molecule has 3 rings (SSSR count). The molecule has 0 bridgehead atoms. The number of likely N-dealkylation sites (tertiary alicyclic amines) is 1. The van der Waals surface area contributed by atoms with Crippen LogP contribution < -0.4 is 5.73 Å². The zero-order valence-corrected chi connectivity index (χ0v) is 12.8. The summed E-state index contributed by atoms with van der Waals surface area (Å²) in [6.07, 6.45) is 2.71. The first kappa shape index (κ1) is 14.3. The van der Waals surface area contributed by atoms with E-state index in [4.69, 9.17) is 5.73 Å². The summed E-state index contributed by atoms with van der Waals surface area (Å²) < 4.78 is 0. The monoisotopic (exact) mass is 300 g/mol. The van der Waals surface area contributed by atoms with Gasteiger partial charge in [-0.3, -0.25) is 4.79 Å². The molecule has 2 heterocycles. The number of carbonyl (C=O) groups is 1. The van der Waals surface area contributed by atoms with Crippen molar-refractivity contribution in [3.05, 3.63) is 58.3 Å². The topological polar surface area (TPSA) is 46.3 Å². The SMILES string of the molecule is N[C@@H](Cc1ccccc1)C(=O)N1CCCC1c1ccsc1. The molecule has 0 saturated carbocycles. The molecule has 4 heteroatoms. The third kappa shape index (κ3) is 3.17. The van der Waals surface area contributed by atoms with E-state index in [0.717, 1.165) is 24.9 Å². The van der Waals surface area contributed by atoms with Gasteiger partial charge in [0.1, 0.15) is 0 Å². The number of nitrogens with two attached hydrogens (primary N) is 1. The second kappa shape index (κ2) is 6.41. The first-order valence-electron chi connectivity index (χ1n) is 7.38. The van der Waals surface area contributed by atoms with Crippen LogP contribution in [0.2, 0.25) is 0 Å². The summed E-state index contributed by atoms with van der Waals surface area (Å²) in [5.74, 6) is 0.0764. The Balaban J connectivity index is 1.69. The molecular weight excluding hydrogens is 280 g/mol. The van der Waals surface area contributed by atoms with Crippen LogP contribution in [0.5, 0.6) is 0 Å². The molecule has 1 aromatic carbocycles. The highest BCUT2D eigenvalue weighted by atomic mass is 32.1. The van der Waals surface area contributed by atoms with Crippen molar-refractivity contribution in [2.24, 2.45) is 5.73 Å². The lowest BCUT2D eigenvalue weighted by Crippen LogP contribution is -2.44. The highest BCUT2D eigenvalue weighted by molar-refractivity contribution is 7.07. The third-order valence-corrected chi connectivity index (χ3v) is 4.78. The van der Waals surface area contributed by atoms with Crippen LogP contribution >= 0.6 is 11.3 Å². The maximum absolute atomic E-state index is 12.7. The van der Waals surface area contributed by atoms with Gasteiger partial charge in [0.15, 0.2) is 0 Å². The summed E-state index contributed by atoms with van der Waals surface area (Å²) in [6, 6.07) is 11.9. The Bertz CT molecular complexity index is 582. The number of thiophene rings is 1. The number of rotatable bonds is 4. The van der Waals surface area contributed by atoms with Crippen LogP contribution in [-0.4, -0.2) is 23.4 Å². The maximum atomic E-state index is 12.7. The van der Waals surface area contributed by atoms with Crippen LogP contribution in [0, 0.1) is 0 Å². The molecule has 110 valence electrons. The van der Waals surface area contributed by atoms with Crippen molar-refractivity contribution >= 4 is 17.2 Å². The summed E-state index contributed by atoms with van der Waals surface area (Å²) in [5.41, 5.74) is 8.52. The van der Waals surface area contributed by atoms with Gasteiger partial charge in [0, 0.05) is 6.54 Å². The molecule has 2 aromatic rings. The lowest BCUT2D eigenvalue weighted by molar-refractivity contribution is -0.133. The third-order valence-electron chi connectivity index (χ3n) is 4.08. The van der Waals surface area contributed by atoms with Crippen LogP contribution in [0.1, 0.15) is 30.0 Å².